The van der Waals surface area contributed by atoms with E-state index < -0.39 is 5.92 Å². The molecule has 0 aliphatic rings. The van der Waals surface area contributed by atoms with E-state index in [9.17, 15) is 10.1 Å². The maximum atomic E-state index is 12.8. The minimum absolute atomic E-state index is 0.259. The number of thiazole rings is 1. The van der Waals surface area contributed by atoms with E-state index in [1.165, 1.54) is 17.7 Å². The third kappa shape index (κ3) is 2.82. The summed E-state index contributed by atoms with van der Waals surface area (Å²) in [5.41, 5.74) is 2.09. The summed E-state index contributed by atoms with van der Waals surface area (Å²) in [5.74, 6) is -0.541. The zero-order valence-corrected chi connectivity index (χ0v) is 13.7. The van der Waals surface area contributed by atoms with E-state index in [0.29, 0.717) is 16.3 Å². The van der Waals surface area contributed by atoms with E-state index in [1.807, 2.05) is 24.3 Å². The van der Waals surface area contributed by atoms with Gasteiger partial charge < -0.3 is 4.42 Å². The van der Waals surface area contributed by atoms with E-state index in [4.69, 9.17) is 4.42 Å². The molecule has 2 aromatic carbocycles. The number of hydrogen-bond donors (Lipinski definition) is 0. The van der Waals surface area contributed by atoms with E-state index in [0.717, 1.165) is 15.8 Å². The second-order valence-electron chi connectivity index (χ2n) is 5.39. The van der Waals surface area contributed by atoms with Crippen molar-refractivity contribution in [2.45, 2.75) is 5.92 Å². The van der Waals surface area contributed by atoms with Crippen molar-refractivity contribution in [1.82, 2.24) is 9.97 Å². The highest BCUT2D eigenvalue weighted by Gasteiger charge is 2.25. The minimum atomic E-state index is -0.909. The molecular formula is C19H11N3O2S. The first-order chi connectivity index (χ1) is 12.3. The van der Waals surface area contributed by atoms with Crippen LogP contribution in [0.1, 0.15) is 21.3 Å². The summed E-state index contributed by atoms with van der Waals surface area (Å²) in [6, 6.07) is 16.6. The van der Waals surface area contributed by atoms with E-state index in [2.05, 4.69) is 16.0 Å². The maximum absolute atomic E-state index is 12.8. The summed E-state index contributed by atoms with van der Waals surface area (Å²) in [6.07, 6.45) is 2.96. The van der Waals surface area contributed by atoms with Gasteiger partial charge in [-0.05, 0) is 12.1 Å². The predicted octanol–water partition coefficient (Wildman–Crippen LogP) is 4.44. The Bertz CT molecular complexity index is 1040. The summed E-state index contributed by atoms with van der Waals surface area (Å²) in [6.45, 7) is 0. The zero-order chi connectivity index (χ0) is 17.2. The Hall–Kier alpha value is -3.30. The van der Waals surface area contributed by atoms with Crippen LogP contribution in [0.5, 0.6) is 0 Å². The van der Waals surface area contributed by atoms with Crippen LogP contribution in [0.4, 0.5) is 0 Å². The number of carbonyl (C=O) groups excluding carboxylic acids is 1. The molecule has 0 radical (unpaired) electrons. The first-order valence-electron chi connectivity index (χ1n) is 7.54. The number of ketones is 1. The van der Waals surface area contributed by atoms with Gasteiger partial charge in [-0.15, -0.1) is 11.3 Å². The Morgan fingerprint density at radius 2 is 1.96 bits per heavy atom. The van der Waals surface area contributed by atoms with E-state index in [-0.39, 0.29) is 5.78 Å². The monoisotopic (exact) mass is 345 g/mol. The summed E-state index contributed by atoms with van der Waals surface area (Å²) >= 11 is 1.38. The van der Waals surface area contributed by atoms with Crippen molar-refractivity contribution in [2.24, 2.45) is 0 Å². The van der Waals surface area contributed by atoms with Gasteiger partial charge in [0.25, 0.3) is 0 Å². The number of benzene rings is 2. The number of fused-ring (bicyclic) bond motifs is 1. The topological polar surface area (TPSA) is 79.8 Å². The molecule has 0 aliphatic carbocycles. The van der Waals surface area contributed by atoms with Gasteiger partial charge in [0.05, 0.1) is 22.5 Å². The lowest BCUT2D eigenvalue weighted by atomic mass is 9.98. The van der Waals surface area contributed by atoms with Gasteiger partial charge in [-0.25, -0.2) is 9.97 Å². The van der Waals surface area contributed by atoms with Crippen molar-refractivity contribution in [3.05, 3.63) is 71.7 Å². The molecular weight excluding hydrogens is 334 g/mol. The van der Waals surface area contributed by atoms with Gasteiger partial charge in [0, 0.05) is 11.1 Å². The molecule has 6 heteroatoms. The number of carbonyl (C=O) groups is 1. The number of hydrogen-bond acceptors (Lipinski definition) is 6. The second kappa shape index (κ2) is 6.30. The van der Waals surface area contributed by atoms with Crippen LogP contribution < -0.4 is 0 Å². The standard InChI is InChI=1S/C19H11N3O2S/c20-9-14(19-22-15-3-1-2-4-17(15)25-19)18(23)13-7-5-12(6-8-13)16-10-21-11-24-16/h1-8,10-11,14H/t14-/m1/s1. The largest absolute Gasteiger partial charge is 0.444 e. The molecule has 1 atom stereocenters. The second-order valence-corrected chi connectivity index (χ2v) is 6.45. The van der Waals surface area contributed by atoms with Crippen molar-refractivity contribution in [3.8, 4) is 17.4 Å². The van der Waals surface area contributed by atoms with Crippen LogP contribution >= 0.6 is 11.3 Å². The van der Waals surface area contributed by atoms with Crippen LogP contribution in [0.25, 0.3) is 21.5 Å². The molecule has 0 bridgehead atoms. The molecule has 0 spiro atoms. The average Bonchev–Trinajstić information content (AvgIpc) is 3.32. The number of nitriles is 1. The molecule has 120 valence electrons. The Balaban J connectivity index is 1.65. The van der Waals surface area contributed by atoms with Crippen LogP contribution in [0.2, 0.25) is 0 Å². The fraction of sp³-hybridized carbons (Fsp3) is 0.0526. The van der Waals surface area contributed by atoms with Crippen molar-refractivity contribution in [2.75, 3.05) is 0 Å². The van der Waals surface area contributed by atoms with Crippen LogP contribution in [-0.2, 0) is 0 Å². The number of aromatic nitrogens is 2. The van der Waals surface area contributed by atoms with Crippen molar-refractivity contribution < 1.29 is 9.21 Å². The fourth-order valence-corrected chi connectivity index (χ4v) is 3.58. The third-order valence-electron chi connectivity index (χ3n) is 3.83. The van der Waals surface area contributed by atoms with Crippen molar-refractivity contribution >= 4 is 27.3 Å². The van der Waals surface area contributed by atoms with Crippen LogP contribution in [0.15, 0.2) is 65.5 Å². The van der Waals surface area contributed by atoms with E-state index >= 15 is 0 Å². The molecule has 0 saturated carbocycles. The Morgan fingerprint density at radius 1 is 1.16 bits per heavy atom. The SMILES string of the molecule is N#C[C@H](C(=O)c1ccc(-c2cnco2)cc1)c1nc2ccccc2s1. The Morgan fingerprint density at radius 3 is 2.64 bits per heavy atom. The molecule has 2 heterocycles. The molecule has 5 nitrogen and oxygen atoms in total. The fourth-order valence-electron chi connectivity index (χ4n) is 2.56. The highest BCUT2D eigenvalue weighted by atomic mass is 32.1. The molecule has 0 aliphatic heterocycles. The molecule has 0 fully saturated rings. The van der Waals surface area contributed by atoms with Gasteiger partial charge in [0.2, 0.25) is 0 Å². The predicted molar refractivity (Wildman–Crippen MR) is 94.2 cm³/mol. The van der Waals surface area contributed by atoms with Gasteiger partial charge in [0.15, 0.2) is 23.9 Å². The summed E-state index contributed by atoms with van der Waals surface area (Å²) in [5, 5.41) is 10.0. The van der Waals surface area contributed by atoms with Gasteiger partial charge in [-0.1, -0.05) is 36.4 Å². The molecule has 4 rings (SSSR count). The zero-order valence-electron chi connectivity index (χ0n) is 12.9. The molecule has 2 aromatic heterocycles. The van der Waals surface area contributed by atoms with Crippen LogP contribution in [-0.4, -0.2) is 15.8 Å². The number of para-hydroxylation sites is 1. The molecule has 0 amide bonds. The number of oxazole rings is 1. The number of Topliss-reactive ketones (excluding diaryl/α,β-unsaturated/α-hetero) is 1. The van der Waals surface area contributed by atoms with Crippen LogP contribution in [0.3, 0.4) is 0 Å². The summed E-state index contributed by atoms with van der Waals surface area (Å²) in [7, 11) is 0. The lowest BCUT2D eigenvalue weighted by molar-refractivity contribution is 0.0979. The Kier molecular flexibility index (Phi) is 3.84. The van der Waals surface area contributed by atoms with Gasteiger partial charge >= 0.3 is 0 Å². The van der Waals surface area contributed by atoms with Crippen molar-refractivity contribution in [3.63, 3.8) is 0 Å². The first kappa shape index (κ1) is 15.2. The molecule has 0 N–H and O–H groups in total. The first-order valence-corrected chi connectivity index (χ1v) is 8.36. The smallest absolute Gasteiger partial charge is 0.186 e. The molecule has 4 aromatic rings. The normalized spacial score (nSPS) is 12.0. The minimum Gasteiger partial charge on any atom is -0.444 e. The molecule has 25 heavy (non-hydrogen) atoms. The molecule has 0 unspecified atom stereocenters. The Labute approximate surface area is 147 Å². The summed E-state index contributed by atoms with van der Waals surface area (Å²) in [4.78, 5) is 21.1. The molecule has 0 saturated heterocycles. The highest BCUT2D eigenvalue weighted by Crippen LogP contribution is 2.30. The third-order valence-corrected chi connectivity index (χ3v) is 4.94. The van der Waals surface area contributed by atoms with E-state index in [1.54, 1.807) is 30.5 Å². The lowest BCUT2D eigenvalue weighted by Gasteiger charge is -2.05. The number of rotatable bonds is 4. The van der Waals surface area contributed by atoms with Gasteiger partial charge in [0.1, 0.15) is 5.01 Å². The van der Waals surface area contributed by atoms with Crippen molar-refractivity contribution in [1.29, 1.82) is 5.26 Å². The number of nitrogens with zero attached hydrogens (tertiary/aromatic N) is 3. The van der Waals surface area contributed by atoms with Crippen LogP contribution in [0, 0.1) is 11.3 Å². The quantitative estimate of drug-likeness (QED) is 0.511. The lowest BCUT2D eigenvalue weighted by Crippen LogP contribution is -2.10. The average molecular weight is 345 g/mol. The summed E-state index contributed by atoms with van der Waals surface area (Å²) < 4.78 is 6.20. The maximum Gasteiger partial charge on any atom is 0.186 e. The van der Waals surface area contributed by atoms with Gasteiger partial charge in [-0.2, -0.15) is 5.26 Å². The highest BCUT2D eigenvalue weighted by molar-refractivity contribution is 7.18. The van der Waals surface area contributed by atoms with Gasteiger partial charge in [-0.3, -0.25) is 4.79 Å².